The fraction of sp³-hybridized carbons (Fsp3) is 0.304. The highest BCUT2D eigenvalue weighted by atomic mass is 35.5. The Bertz CT molecular complexity index is 1490. The highest BCUT2D eigenvalue weighted by molar-refractivity contribution is 7.93. The minimum Gasteiger partial charge on any atom is -0.372 e. The quantitative estimate of drug-likeness (QED) is 0.330. The number of thiophene rings is 1. The number of aliphatic hydroxyl groups is 1. The molecule has 0 radical (unpaired) electrons. The number of benzene rings is 2. The second kappa shape index (κ2) is 10.4. The van der Waals surface area contributed by atoms with Crippen LogP contribution in [0.4, 0.5) is 18.9 Å². The van der Waals surface area contributed by atoms with Crippen molar-refractivity contribution in [3.8, 4) is 0 Å². The van der Waals surface area contributed by atoms with Crippen LogP contribution in [0.5, 0.6) is 0 Å². The molecule has 6 nitrogen and oxygen atoms in total. The lowest BCUT2D eigenvalue weighted by Crippen LogP contribution is -2.43. The third-order valence-corrected chi connectivity index (χ3v) is 10.1. The van der Waals surface area contributed by atoms with Gasteiger partial charge in [-0.15, -0.1) is 11.3 Å². The van der Waals surface area contributed by atoms with Crippen LogP contribution in [-0.2, 0) is 25.5 Å². The molecule has 0 saturated carbocycles. The zero-order valence-corrected chi connectivity index (χ0v) is 23.6. The predicted molar refractivity (Wildman–Crippen MR) is 139 cm³/mol. The third-order valence-electron chi connectivity index (χ3n) is 5.41. The standard InChI is InChI=1S/C23H22Cl2F3NO5S3/c1-14(2)13-29(37(33,34)19-12-20(24)35-21(19)25)17-8-4-15(5-9-17)22(30,23(26,27)28)16-6-10-18(11-7-16)36(3,31)32/h4-12,14,30H,13H2,1-3H3. The van der Waals surface area contributed by atoms with E-state index in [1.807, 2.05) is 0 Å². The number of anilines is 1. The first-order chi connectivity index (χ1) is 16.9. The molecule has 14 heteroatoms. The molecule has 3 rings (SSSR count). The van der Waals surface area contributed by atoms with Gasteiger partial charge < -0.3 is 5.11 Å². The van der Waals surface area contributed by atoms with Crippen LogP contribution in [0, 0.1) is 5.92 Å². The van der Waals surface area contributed by atoms with Crippen LogP contribution >= 0.6 is 34.5 Å². The Morgan fingerprint density at radius 2 is 1.43 bits per heavy atom. The smallest absolute Gasteiger partial charge is 0.372 e. The number of hydrogen-bond acceptors (Lipinski definition) is 6. The number of halogens is 5. The summed E-state index contributed by atoms with van der Waals surface area (Å²) in [5, 5.41) is 10.9. The van der Waals surface area contributed by atoms with E-state index in [1.165, 1.54) is 6.07 Å². The van der Waals surface area contributed by atoms with Crippen molar-refractivity contribution in [2.45, 2.75) is 35.4 Å². The molecule has 1 heterocycles. The summed E-state index contributed by atoms with van der Waals surface area (Å²) in [4.78, 5) is -0.440. The lowest BCUT2D eigenvalue weighted by atomic mass is 9.85. The van der Waals surface area contributed by atoms with Crippen molar-refractivity contribution in [3.63, 3.8) is 0 Å². The summed E-state index contributed by atoms with van der Waals surface area (Å²) in [6.07, 6.45) is -4.28. The van der Waals surface area contributed by atoms with Gasteiger partial charge in [-0.2, -0.15) is 13.2 Å². The maximum absolute atomic E-state index is 14.2. The van der Waals surface area contributed by atoms with E-state index in [0.29, 0.717) is 0 Å². The van der Waals surface area contributed by atoms with Crippen molar-refractivity contribution in [1.29, 1.82) is 0 Å². The van der Waals surface area contributed by atoms with Crippen molar-refractivity contribution in [3.05, 3.63) is 74.4 Å². The fourth-order valence-electron chi connectivity index (χ4n) is 3.60. The van der Waals surface area contributed by atoms with E-state index in [4.69, 9.17) is 23.2 Å². The molecule has 0 aliphatic carbocycles. The molecular formula is C23H22Cl2F3NO5S3. The summed E-state index contributed by atoms with van der Waals surface area (Å²) >= 11 is 12.9. The van der Waals surface area contributed by atoms with Gasteiger partial charge in [0.2, 0.25) is 5.60 Å². The highest BCUT2D eigenvalue weighted by Gasteiger charge is 2.56. The molecule has 0 spiro atoms. The van der Waals surface area contributed by atoms with E-state index in [-0.39, 0.29) is 36.6 Å². The first kappa shape index (κ1) is 29.7. The number of sulfone groups is 1. The second-order valence-corrected chi connectivity index (χ2v) is 14.8. The Morgan fingerprint density at radius 1 is 0.946 bits per heavy atom. The summed E-state index contributed by atoms with van der Waals surface area (Å²) in [6.45, 7) is 3.52. The number of alkyl halides is 3. The van der Waals surface area contributed by atoms with Crippen LogP contribution in [0.1, 0.15) is 25.0 Å². The van der Waals surface area contributed by atoms with Crippen LogP contribution in [0.25, 0.3) is 0 Å². The fourth-order valence-corrected chi connectivity index (χ4v) is 7.97. The lowest BCUT2D eigenvalue weighted by molar-refractivity contribution is -0.248. The largest absolute Gasteiger partial charge is 0.425 e. The Balaban J connectivity index is 2.11. The number of nitrogens with zero attached hydrogens (tertiary/aromatic N) is 1. The molecule has 202 valence electrons. The van der Waals surface area contributed by atoms with Crippen molar-refractivity contribution >= 4 is 60.1 Å². The maximum atomic E-state index is 14.2. The van der Waals surface area contributed by atoms with Crippen LogP contribution in [0.3, 0.4) is 0 Å². The highest BCUT2D eigenvalue weighted by Crippen LogP contribution is 2.45. The van der Waals surface area contributed by atoms with Gasteiger partial charge in [0, 0.05) is 12.8 Å². The Kier molecular flexibility index (Phi) is 8.34. The van der Waals surface area contributed by atoms with Gasteiger partial charge in [0.25, 0.3) is 10.0 Å². The van der Waals surface area contributed by atoms with Gasteiger partial charge in [0.1, 0.15) is 9.23 Å². The van der Waals surface area contributed by atoms with Gasteiger partial charge in [-0.05, 0) is 47.4 Å². The summed E-state index contributed by atoms with van der Waals surface area (Å²) in [6, 6.07) is 9.17. The summed E-state index contributed by atoms with van der Waals surface area (Å²) in [5.74, 6) is -0.164. The minimum absolute atomic E-state index is 0.0119. The topological polar surface area (TPSA) is 91.8 Å². The second-order valence-electron chi connectivity index (χ2n) is 8.67. The number of rotatable bonds is 8. The molecule has 1 N–H and O–H groups in total. The summed E-state index contributed by atoms with van der Waals surface area (Å²) < 4.78 is 93.9. The first-order valence-corrected chi connectivity index (χ1v) is 15.5. The number of hydrogen-bond donors (Lipinski definition) is 1. The molecule has 1 unspecified atom stereocenters. The monoisotopic (exact) mass is 615 g/mol. The van der Waals surface area contributed by atoms with Crippen LogP contribution in [0.15, 0.2) is 64.4 Å². The van der Waals surface area contributed by atoms with E-state index in [0.717, 1.165) is 70.4 Å². The molecule has 0 aliphatic heterocycles. The maximum Gasteiger partial charge on any atom is 0.425 e. The molecular weight excluding hydrogens is 594 g/mol. The van der Waals surface area contributed by atoms with Crippen molar-refractivity contribution in [2.75, 3.05) is 17.1 Å². The molecule has 37 heavy (non-hydrogen) atoms. The van der Waals surface area contributed by atoms with E-state index >= 15 is 0 Å². The summed E-state index contributed by atoms with van der Waals surface area (Å²) in [7, 11) is -7.89. The van der Waals surface area contributed by atoms with Gasteiger partial charge in [-0.3, -0.25) is 4.31 Å². The van der Waals surface area contributed by atoms with Crippen LogP contribution in [-0.4, -0.2) is 40.9 Å². The lowest BCUT2D eigenvalue weighted by Gasteiger charge is -2.32. The Morgan fingerprint density at radius 3 is 1.81 bits per heavy atom. The van der Waals surface area contributed by atoms with Gasteiger partial charge in [-0.1, -0.05) is 61.3 Å². The normalized spacial score (nSPS) is 14.5. The zero-order valence-electron chi connectivity index (χ0n) is 19.6. The van der Waals surface area contributed by atoms with E-state index in [9.17, 15) is 35.1 Å². The molecule has 1 atom stereocenters. The van der Waals surface area contributed by atoms with Gasteiger partial charge >= 0.3 is 6.18 Å². The van der Waals surface area contributed by atoms with Crippen molar-refractivity contribution in [1.82, 2.24) is 0 Å². The van der Waals surface area contributed by atoms with Crippen LogP contribution in [0.2, 0.25) is 8.67 Å². The molecule has 1 aromatic heterocycles. The molecule has 0 fully saturated rings. The van der Waals surface area contributed by atoms with E-state index in [2.05, 4.69) is 0 Å². The third kappa shape index (κ3) is 5.94. The van der Waals surface area contributed by atoms with E-state index < -0.39 is 42.8 Å². The molecule has 2 aromatic carbocycles. The predicted octanol–water partition coefficient (Wildman–Crippen LogP) is 6.11. The number of sulfonamides is 1. The SMILES string of the molecule is CC(C)CN(c1ccc(C(O)(c2ccc(S(C)(=O)=O)cc2)C(F)(F)F)cc1)S(=O)(=O)c1cc(Cl)sc1Cl. The molecule has 3 aromatic rings. The average molecular weight is 617 g/mol. The van der Waals surface area contributed by atoms with Gasteiger partial charge in [0.05, 0.1) is 14.9 Å². The zero-order chi connectivity index (χ0) is 28.0. The van der Waals surface area contributed by atoms with Gasteiger partial charge in [0.15, 0.2) is 9.84 Å². The molecule has 0 aliphatic rings. The van der Waals surface area contributed by atoms with Crippen LogP contribution < -0.4 is 4.31 Å². The van der Waals surface area contributed by atoms with E-state index in [1.54, 1.807) is 13.8 Å². The molecule has 0 bridgehead atoms. The minimum atomic E-state index is -5.19. The molecule has 0 amide bonds. The Hall–Kier alpha value is -1.83. The first-order valence-electron chi connectivity index (χ1n) is 10.6. The van der Waals surface area contributed by atoms with Gasteiger partial charge in [-0.25, -0.2) is 16.8 Å². The Labute approximate surface area is 227 Å². The summed E-state index contributed by atoms with van der Waals surface area (Å²) in [5.41, 5.74) is -4.64. The van der Waals surface area contributed by atoms with Crippen molar-refractivity contribution < 1.29 is 35.1 Å². The van der Waals surface area contributed by atoms with Crippen molar-refractivity contribution in [2.24, 2.45) is 5.92 Å². The average Bonchev–Trinajstić information content (AvgIpc) is 3.14. The molecule has 0 saturated heterocycles.